The van der Waals surface area contributed by atoms with Crippen molar-refractivity contribution < 1.29 is 55.9 Å². The molecule has 5 rings (SSSR count). The molecule has 11 heteroatoms. The van der Waals surface area contributed by atoms with E-state index >= 15 is 0 Å². The lowest BCUT2D eigenvalue weighted by atomic mass is 9.77. The van der Waals surface area contributed by atoms with Gasteiger partial charge in [-0.15, -0.1) is 0 Å². The number of carbonyl (C=O) groups is 2. The van der Waals surface area contributed by atoms with Gasteiger partial charge in [-0.2, -0.15) is 0 Å². The predicted molar refractivity (Wildman–Crippen MR) is 135 cm³/mol. The third kappa shape index (κ3) is 5.31. The van der Waals surface area contributed by atoms with E-state index in [2.05, 4.69) is 11.0 Å². The van der Waals surface area contributed by atoms with Gasteiger partial charge in [0.15, 0.2) is 23.2 Å². The van der Waals surface area contributed by atoms with Crippen molar-refractivity contribution in [3.63, 3.8) is 0 Å². The van der Waals surface area contributed by atoms with Crippen molar-refractivity contribution in [3.05, 3.63) is 35.1 Å². The van der Waals surface area contributed by atoms with Gasteiger partial charge in [-0.1, -0.05) is 0 Å². The minimum atomic E-state index is -2.18. The summed E-state index contributed by atoms with van der Waals surface area (Å²) in [5.74, 6) is -0.163. The third-order valence-electron chi connectivity index (χ3n) is 8.39. The molecule has 3 aliphatic heterocycles. The standard InChI is InChI=1S/C28H37NO9.ClH/c1-26(2,32)8-9-28(33,15-22(30)35-4)25(31)38-24-21(34-3)14-27-7-5-10-29(27)11-6-17-12-19-20(37-16-36-19)13-18(17)23(24)27;/h12-14,23-24,32-33H,5-11,15-16H2,1-4H3;1H/p-1/t23-,24-,27+,28-;/m1./s1. The fourth-order valence-electron chi connectivity index (χ4n) is 6.41. The van der Waals surface area contributed by atoms with Crippen LogP contribution in [0.25, 0.3) is 0 Å². The normalized spacial score (nSPS) is 26.7. The van der Waals surface area contributed by atoms with Crippen molar-refractivity contribution in [2.75, 3.05) is 34.1 Å². The van der Waals surface area contributed by atoms with Crippen molar-refractivity contribution in [2.45, 2.75) is 81.1 Å². The van der Waals surface area contributed by atoms with E-state index in [9.17, 15) is 19.8 Å². The number of esters is 2. The first-order valence-electron chi connectivity index (χ1n) is 13.2. The zero-order valence-corrected chi connectivity index (χ0v) is 23.6. The molecule has 0 amide bonds. The molecule has 1 fully saturated rings. The van der Waals surface area contributed by atoms with Gasteiger partial charge in [0.2, 0.25) is 6.79 Å². The molecule has 4 aliphatic rings. The zero-order chi connectivity index (χ0) is 27.3. The SMILES string of the molecule is COC(=O)C[C@](O)(CCC(C)(C)O)C(=O)O[C@@H]1C(OC)=C[C@]23CCCN2CCc2cc4c(cc2[C@H]13)OCO4.[Cl-]. The molecule has 1 spiro atoms. The van der Waals surface area contributed by atoms with E-state index in [1.54, 1.807) is 21.0 Å². The number of fused-ring (bicyclic) bond motifs is 3. The zero-order valence-electron chi connectivity index (χ0n) is 22.8. The second-order valence-electron chi connectivity index (χ2n) is 11.4. The van der Waals surface area contributed by atoms with Crippen LogP contribution in [-0.2, 0) is 30.2 Å². The van der Waals surface area contributed by atoms with E-state index < -0.39 is 41.2 Å². The molecule has 39 heavy (non-hydrogen) atoms. The van der Waals surface area contributed by atoms with Crippen molar-refractivity contribution >= 4 is 11.9 Å². The van der Waals surface area contributed by atoms with Gasteiger partial charge in [0.1, 0.15) is 5.76 Å². The average molecular weight is 567 g/mol. The highest BCUT2D eigenvalue weighted by atomic mass is 35.5. The van der Waals surface area contributed by atoms with Crippen LogP contribution in [-0.4, -0.2) is 84.0 Å². The Morgan fingerprint density at radius 2 is 1.85 bits per heavy atom. The number of halogens is 1. The summed E-state index contributed by atoms with van der Waals surface area (Å²) in [6.45, 7) is 5.04. The molecule has 0 bridgehead atoms. The lowest BCUT2D eigenvalue weighted by Gasteiger charge is -2.39. The highest BCUT2D eigenvalue weighted by molar-refractivity contribution is 5.86. The highest BCUT2D eigenvalue weighted by Crippen LogP contribution is 2.55. The van der Waals surface area contributed by atoms with Crippen molar-refractivity contribution in [2.24, 2.45) is 0 Å². The Morgan fingerprint density at radius 3 is 2.51 bits per heavy atom. The van der Waals surface area contributed by atoms with Gasteiger partial charge >= 0.3 is 11.9 Å². The van der Waals surface area contributed by atoms with Crippen molar-refractivity contribution in [3.8, 4) is 11.5 Å². The summed E-state index contributed by atoms with van der Waals surface area (Å²) in [5, 5.41) is 21.7. The quantitative estimate of drug-likeness (QED) is 0.386. The minimum absolute atomic E-state index is 0. The van der Waals surface area contributed by atoms with Crippen LogP contribution in [0.5, 0.6) is 11.5 Å². The fourth-order valence-corrected chi connectivity index (χ4v) is 6.41. The van der Waals surface area contributed by atoms with Gasteiger partial charge < -0.3 is 46.3 Å². The number of aliphatic hydroxyl groups is 2. The van der Waals surface area contributed by atoms with E-state index in [1.165, 1.54) is 7.11 Å². The number of hydrogen-bond acceptors (Lipinski definition) is 10. The highest BCUT2D eigenvalue weighted by Gasteiger charge is 2.59. The Bertz CT molecular complexity index is 1150. The summed E-state index contributed by atoms with van der Waals surface area (Å²) in [6.07, 6.45) is 3.18. The van der Waals surface area contributed by atoms with Gasteiger partial charge in [0.25, 0.3) is 0 Å². The van der Waals surface area contributed by atoms with Gasteiger partial charge in [-0.3, -0.25) is 9.69 Å². The molecule has 1 aromatic carbocycles. The van der Waals surface area contributed by atoms with Crippen LogP contribution in [0.15, 0.2) is 24.0 Å². The molecule has 1 saturated heterocycles. The maximum atomic E-state index is 13.7. The Kier molecular flexibility index (Phi) is 8.16. The molecule has 216 valence electrons. The van der Waals surface area contributed by atoms with Crippen LogP contribution < -0.4 is 21.9 Å². The van der Waals surface area contributed by atoms with E-state index in [4.69, 9.17) is 23.7 Å². The van der Waals surface area contributed by atoms with Gasteiger partial charge in [0.05, 0.1) is 37.7 Å². The summed E-state index contributed by atoms with van der Waals surface area (Å²) in [4.78, 5) is 28.3. The number of nitrogens with zero attached hydrogens (tertiary/aromatic N) is 1. The molecule has 3 heterocycles. The number of ether oxygens (including phenoxy) is 5. The van der Waals surface area contributed by atoms with E-state index in [1.807, 2.05) is 12.1 Å². The monoisotopic (exact) mass is 566 g/mol. The number of carbonyl (C=O) groups excluding carboxylic acids is 2. The van der Waals surface area contributed by atoms with Crippen molar-refractivity contribution in [1.82, 2.24) is 4.90 Å². The summed E-state index contributed by atoms with van der Waals surface area (Å²) in [6, 6.07) is 3.99. The maximum absolute atomic E-state index is 13.7. The van der Waals surface area contributed by atoms with Crippen LogP contribution in [0.4, 0.5) is 0 Å². The van der Waals surface area contributed by atoms with E-state index in [-0.39, 0.29) is 38.0 Å². The van der Waals surface area contributed by atoms with E-state index in [0.29, 0.717) is 17.3 Å². The first-order chi connectivity index (χ1) is 18.0. The summed E-state index contributed by atoms with van der Waals surface area (Å²) >= 11 is 0. The van der Waals surface area contributed by atoms with E-state index in [0.717, 1.165) is 43.5 Å². The molecule has 0 unspecified atom stereocenters. The Labute approximate surface area is 234 Å². The Balaban J connectivity index is 0.00000353. The fraction of sp³-hybridized carbons (Fsp3) is 0.643. The number of benzene rings is 1. The first kappa shape index (κ1) is 29.5. The topological polar surface area (TPSA) is 124 Å². The lowest BCUT2D eigenvalue weighted by Crippen LogP contribution is -3.00. The average Bonchev–Trinajstić information content (AvgIpc) is 3.56. The molecular formula is C28H37ClNO9-. The molecule has 1 aliphatic carbocycles. The van der Waals surface area contributed by atoms with Crippen LogP contribution in [0, 0.1) is 0 Å². The lowest BCUT2D eigenvalue weighted by molar-refractivity contribution is -0.179. The molecule has 2 N–H and O–H groups in total. The molecular weight excluding hydrogens is 530 g/mol. The Morgan fingerprint density at radius 1 is 1.13 bits per heavy atom. The molecule has 1 aromatic rings. The molecule has 0 saturated carbocycles. The minimum Gasteiger partial charge on any atom is -1.00 e. The maximum Gasteiger partial charge on any atom is 0.339 e. The molecule has 0 radical (unpaired) electrons. The smallest absolute Gasteiger partial charge is 0.339 e. The second kappa shape index (κ2) is 10.8. The molecule has 0 aromatic heterocycles. The second-order valence-corrected chi connectivity index (χ2v) is 11.4. The number of rotatable bonds is 8. The first-order valence-corrected chi connectivity index (χ1v) is 13.2. The van der Waals surface area contributed by atoms with Crippen LogP contribution in [0.1, 0.15) is 63.0 Å². The molecule has 10 nitrogen and oxygen atoms in total. The van der Waals surface area contributed by atoms with Crippen LogP contribution in [0.2, 0.25) is 0 Å². The van der Waals surface area contributed by atoms with Gasteiger partial charge in [-0.25, -0.2) is 4.79 Å². The largest absolute Gasteiger partial charge is 1.00 e. The summed E-state index contributed by atoms with van der Waals surface area (Å²) in [5.41, 5.74) is -1.69. The van der Waals surface area contributed by atoms with Crippen LogP contribution >= 0.6 is 0 Å². The van der Waals surface area contributed by atoms with Gasteiger partial charge in [0, 0.05) is 6.54 Å². The molecule has 4 atom stereocenters. The van der Waals surface area contributed by atoms with Gasteiger partial charge in [-0.05, 0) is 81.8 Å². The number of hydrogen-bond donors (Lipinski definition) is 2. The van der Waals surface area contributed by atoms with Crippen LogP contribution in [0.3, 0.4) is 0 Å². The summed E-state index contributed by atoms with van der Waals surface area (Å²) < 4.78 is 28.0. The van der Waals surface area contributed by atoms with Crippen molar-refractivity contribution in [1.29, 1.82) is 0 Å². The summed E-state index contributed by atoms with van der Waals surface area (Å²) in [7, 11) is 2.74. The third-order valence-corrected chi connectivity index (χ3v) is 8.39. The predicted octanol–water partition coefficient (Wildman–Crippen LogP) is -0.805. The number of methoxy groups -OCH3 is 2. The Hall–Kier alpha value is -2.53.